The number of halogens is 1. The molecule has 7 nitrogen and oxygen atoms in total. The number of fused-ring (bicyclic) bond motifs is 1. The van der Waals surface area contributed by atoms with Crippen molar-refractivity contribution >= 4 is 17.8 Å². The number of aliphatic imine (C=N–C) groups is 1. The highest BCUT2D eigenvalue weighted by Crippen LogP contribution is 2.46. The molecule has 1 amide bonds. The lowest BCUT2D eigenvalue weighted by molar-refractivity contribution is 0.0211. The number of hydrogen-bond donors (Lipinski definition) is 1. The van der Waals surface area contributed by atoms with Gasteiger partial charge in [-0.1, -0.05) is 12.6 Å². The second-order valence-corrected chi connectivity index (χ2v) is 10.9. The van der Waals surface area contributed by atoms with Gasteiger partial charge in [0.05, 0.1) is 25.8 Å². The zero-order valence-corrected chi connectivity index (χ0v) is 23.1. The van der Waals surface area contributed by atoms with Crippen LogP contribution in [0.1, 0.15) is 54.1 Å². The SMILES string of the molecule is C=COCC.CN1CC2(CCC(N3CCN=CN/C=C(F)\C=C(\c4ccc5c(c4)CN(C)C5=O)CC3)C2)C1. The normalized spacial score (nSPS) is 26.4. The van der Waals surface area contributed by atoms with Crippen molar-refractivity contribution in [2.24, 2.45) is 10.4 Å². The molecule has 1 saturated carbocycles. The van der Waals surface area contributed by atoms with Gasteiger partial charge in [0.15, 0.2) is 0 Å². The molecule has 0 bridgehead atoms. The van der Waals surface area contributed by atoms with E-state index in [2.05, 4.69) is 44.5 Å². The Balaban J connectivity index is 0.000000617. The second kappa shape index (κ2) is 12.7. The highest BCUT2D eigenvalue weighted by atomic mass is 19.1. The molecule has 1 atom stereocenters. The molecule has 1 aromatic carbocycles. The minimum atomic E-state index is -0.324. The molecular formula is C30H42FN5O2. The number of likely N-dealkylation sites (tertiary alicyclic amines) is 1. The van der Waals surface area contributed by atoms with Crippen molar-refractivity contribution in [2.75, 3.05) is 53.4 Å². The number of amides is 1. The fourth-order valence-electron chi connectivity index (χ4n) is 6.33. The first-order chi connectivity index (χ1) is 18.3. The molecule has 3 aliphatic heterocycles. The molecule has 3 heterocycles. The first-order valence-corrected chi connectivity index (χ1v) is 13.7. The fraction of sp³-hybridized carbons (Fsp3) is 0.533. The third-order valence-corrected chi connectivity index (χ3v) is 8.03. The first-order valence-electron chi connectivity index (χ1n) is 13.7. The standard InChI is InChI=1S/C26H34FN5O.C4H8O/c1-30-16-26(17-30)7-5-23(13-26)32-9-6-20(12-22(27)14-29-18-28-8-10-32)19-3-4-24-21(11-19)15-31(2)25(24)33;1-3-5-4-2/h3-4,11-12,14,18,23H,5-10,13,15-17H2,1-2H3,(H,28,29);3H,1,4H2,2H3/b20-12+,22-14+;. The molecule has 1 N–H and O–H groups in total. The van der Waals surface area contributed by atoms with E-state index in [9.17, 15) is 9.18 Å². The molecular weight excluding hydrogens is 481 g/mol. The Morgan fingerprint density at radius 1 is 1.29 bits per heavy atom. The summed E-state index contributed by atoms with van der Waals surface area (Å²) in [6.45, 7) is 11.5. The van der Waals surface area contributed by atoms with Crippen LogP contribution in [0.3, 0.4) is 0 Å². The Kier molecular flexibility index (Phi) is 9.39. The maximum absolute atomic E-state index is 14.7. The van der Waals surface area contributed by atoms with E-state index in [4.69, 9.17) is 0 Å². The van der Waals surface area contributed by atoms with Crippen molar-refractivity contribution < 1.29 is 13.9 Å². The number of carbonyl (C=O) groups excluding carboxylic acids is 1. The van der Waals surface area contributed by atoms with Crippen molar-refractivity contribution in [3.05, 3.63) is 65.8 Å². The van der Waals surface area contributed by atoms with E-state index in [0.29, 0.717) is 24.5 Å². The van der Waals surface area contributed by atoms with Crippen LogP contribution in [0.2, 0.25) is 0 Å². The predicted octanol–water partition coefficient (Wildman–Crippen LogP) is 4.44. The van der Waals surface area contributed by atoms with Gasteiger partial charge in [-0.25, -0.2) is 4.39 Å². The zero-order chi connectivity index (χ0) is 27.1. The molecule has 38 heavy (non-hydrogen) atoms. The van der Waals surface area contributed by atoms with E-state index in [1.54, 1.807) is 17.3 Å². The van der Waals surface area contributed by atoms with Crippen molar-refractivity contribution in [3.8, 4) is 0 Å². The van der Waals surface area contributed by atoms with Crippen LogP contribution in [-0.2, 0) is 11.3 Å². The predicted molar refractivity (Wildman–Crippen MR) is 151 cm³/mol. The molecule has 1 aliphatic carbocycles. The van der Waals surface area contributed by atoms with Crippen molar-refractivity contribution in [3.63, 3.8) is 0 Å². The van der Waals surface area contributed by atoms with Gasteiger partial charge in [-0.3, -0.25) is 14.7 Å². The van der Waals surface area contributed by atoms with Crippen LogP contribution in [0.25, 0.3) is 5.57 Å². The summed E-state index contributed by atoms with van der Waals surface area (Å²) in [6.07, 6.45) is 10.5. The fourth-order valence-corrected chi connectivity index (χ4v) is 6.33. The van der Waals surface area contributed by atoms with E-state index in [0.717, 1.165) is 48.4 Å². The van der Waals surface area contributed by atoms with Crippen molar-refractivity contribution in [2.45, 2.75) is 45.2 Å². The molecule has 0 aromatic heterocycles. The topological polar surface area (TPSA) is 60.4 Å². The highest BCUT2D eigenvalue weighted by Gasteiger charge is 2.47. The molecule has 8 heteroatoms. The van der Waals surface area contributed by atoms with E-state index < -0.39 is 0 Å². The number of ether oxygens (including phenoxy) is 1. The number of nitrogens with one attached hydrogen (secondary N) is 1. The Hall–Kier alpha value is -2.97. The number of nitrogens with zero attached hydrogens (tertiary/aromatic N) is 4. The van der Waals surface area contributed by atoms with Gasteiger partial charge in [-0.15, -0.1) is 0 Å². The van der Waals surface area contributed by atoms with Crippen LogP contribution < -0.4 is 5.32 Å². The maximum Gasteiger partial charge on any atom is 0.254 e. The summed E-state index contributed by atoms with van der Waals surface area (Å²) < 4.78 is 19.3. The number of allylic oxidation sites excluding steroid dienone is 2. The summed E-state index contributed by atoms with van der Waals surface area (Å²) >= 11 is 0. The lowest BCUT2D eigenvalue weighted by Crippen LogP contribution is -2.53. The lowest BCUT2D eigenvalue weighted by atomic mass is 9.78. The largest absolute Gasteiger partial charge is 0.502 e. The average molecular weight is 524 g/mol. The smallest absolute Gasteiger partial charge is 0.254 e. The van der Waals surface area contributed by atoms with E-state index in [-0.39, 0.29) is 11.7 Å². The quantitative estimate of drug-likeness (QED) is 0.592. The summed E-state index contributed by atoms with van der Waals surface area (Å²) in [5.74, 6) is -0.267. The Bertz CT molecular complexity index is 1090. The van der Waals surface area contributed by atoms with Gasteiger partial charge in [-0.2, -0.15) is 0 Å². The molecule has 1 unspecified atom stereocenters. The van der Waals surface area contributed by atoms with Crippen LogP contribution in [0, 0.1) is 5.41 Å². The van der Waals surface area contributed by atoms with Gasteiger partial charge < -0.3 is 19.9 Å². The van der Waals surface area contributed by atoms with Gasteiger partial charge in [-0.05, 0) is 80.0 Å². The number of benzene rings is 1. The third-order valence-electron chi connectivity index (χ3n) is 8.03. The Morgan fingerprint density at radius 3 is 2.82 bits per heavy atom. The highest BCUT2D eigenvalue weighted by molar-refractivity contribution is 5.98. The lowest BCUT2D eigenvalue weighted by Gasteiger charge is -2.47. The van der Waals surface area contributed by atoms with Crippen LogP contribution >= 0.6 is 0 Å². The van der Waals surface area contributed by atoms with Gasteiger partial charge in [0.1, 0.15) is 5.83 Å². The van der Waals surface area contributed by atoms with E-state index in [1.165, 1.54) is 44.8 Å². The zero-order valence-electron chi connectivity index (χ0n) is 23.1. The molecule has 1 aromatic rings. The molecule has 1 spiro atoms. The molecule has 1 saturated heterocycles. The summed E-state index contributed by atoms with van der Waals surface area (Å²) in [6, 6.07) is 6.49. The Morgan fingerprint density at radius 2 is 2.11 bits per heavy atom. The van der Waals surface area contributed by atoms with Crippen LogP contribution in [0.5, 0.6) is 0 Å². The van der Waals surface area contributed by atoms with Crippen LogP contribution in [0.4, 0.5) is 4.39 Å². The monoisotopic (exact) mass is 523 g/mol. The molecule has 2 fully saturated rings. The first kappa shape index (κ1) is 28.0. The second-order valence-electron chi connectivity index (χ2n) is 10.9. The van der Waals surface area contributed by atoms with Crippen LogP contribution in [-0.4, -0.2) is 86.4 Å². The van der Waals surface area contributed by atoms with E-state index >= 15 is 0 Å². The number of hydrogen-bond acceptors (Lipinski definition) is 6. The minimum absolute atomic E-state index is 0.0572. The molecule has 4 aliphatic rings. The van der Waals surface area contributed by atoms with Gasteiger partial charge >= 0.3 is 0 Å². The van der Waals surface area contributed by atoms with Gasteiger partial charge in [0, 0.05) is 57.6 Å². The number of rotatable bonds is 4. The minimum Gasteiger partial charge on any atom is -0.502 e. The molecule has 206 valence electrons. The molecule has 0 radical (unpaired) electrons. The van der Waals surface area contributed by atoms with Gasteiger partial charge in [0.2, 0.25) is 0 Å². The average Bonchev–Trinajstić information content (AvgIpc) is 3.43. The van der Waals surface area contributed by atoms with Crippen molar-refractivity contribution in [1.82, 2.24) is 20.0 Å². The third kappa shape index (κ3) is 6.72. The van der Waals surface area contributed by atoms with Gasteiger partial charge in [0.25, 0.3) is 5.91 Å². The van der Waals surface area contributed by atoms with Crippen molar-refractivity contribution in [1.29, 1.82) is 0 Å². The maximum atomic E-state index is 14.7. The molecule has 5 rings (SSSR count). The summed E-state index contributed by atoms with van der Waals surface area (Å²) in [7, 11) is 4.02. The van der Waals surface area contributed by atoms with E-state index in [1.807, 2.05) is 26.1 Å². The summed E-state index contributed by atoms with van der Waals surface area (Å²) in [5, 5.41) is 2.85. The summed E-state index contributed by atoms with van der Waals surface area (Å²) in [4.78, 5) is 23.4. The Labute approximate surface area is 226 Å². The van der Waals surface area contributed by atoms with Crippen LogP contribution in [0.15, 0.2) is 54.1 Å². The summed E-state index contributed by atoms with van der Waals surface area (Å²) in [5.41, 5.74) is 4.24. The number of carbonyl (C=O) groups is 1.